The lowest BCUT2D eigenvalue weighted by atomic mass is 10.1. The number of carbonyl (C=O) groups excluding carboxylic acids is 1. The summed E-state index contributed by atoms with van der Waals surface area (Å²) in [6.45, 7) is 2.59. The van der Waals surface area contributed by atoms with Crippen LogP contribution in [0.3, 0.4) is 0 Å². The van der Waals surface area contributed by atoms with E-state index in [1.54, 1.807) is 33.2 Å². The summed E-state index contributed by atoms with van der Waals surface area (Å²) in [6.07, 6.45) is 0.712. The first-order chi connectivity index (χ1) is 9.03. The molecule has 1 aromatic carbocycles. The van der Waals surface area contributed by atoms with Gasteiger partial charge in [-0.2, -0.15) is 0 Å². The maximum atomic E-state index is 11.4. The number of amides is 2. The molecule has 1 aromatic rings. The highest BCUT2D eigenvalue weighted by Crippen LogP contribution is 2.28. The Morgan fingerprint density at radius 1 is 1.26 bits per heavy atom. The number of nitrogens with zero attached hydrogens (tertiary/aromatic N) is 1. The first kappa shape index (κ1) is 15.1. The van der Waals surface area contributed by atoms with Crippen molar-refractivity contribution in [1.82, 2.24) is 10.2 Å². The zero-order valence-corrected chi connectivity index (χ0v) is 12.2. The van der Waals surface area contributed by atoms with E-state index >= 15 is 0 Å². The fraction of sp³-hybridized carbons (Fsp3) is 0.500. The van der Waals surface area contributed by atoms with Crippen LogP contribution in [0.2, 0.25) is 0 Å². The van der Waals surface area contributed by atoms with Crippen LogP contribution in [0.25, 0.3) is 0 Å². The van der Waals surface area contributed by atoms with E-state index in [1.807, 2.05) is 19.1 Å². The Labute approximate surface area is 114 Å². The van der Waals surface area contributed by atoms with Crippen molar-refractivity contribution in [3.63, 3.8) is 0 Å². The van der Waals surface area contributed by atoms with Gasteiger partial charge in [0.05, 0.1) is 14.2 Å². The molecule has 0 aliphatic heterocycles. The molecule has 1 rings (SSSR count). The molecule has 0 aromatic heterocycles. The quantitative estimate of drug-likeness (QED) is 0.884. The van der Waals surface area contributed by atoms with E-state index in [0.717, 1.165) is 22.6 Å². The van der Waals surface area contributed by atoms with Crippen LogP contribution < -0.4 is 14.8 Å². The van der Waals surface area contributed by atoms with Gasteiger partial charge in [-0.05, 0) is 36.6 Å². The lowest BCUT2D eigenvalue weighted by molar-refractivity contribution is 0.211. The highest BCUT2D eigenvalue weighted by molar-refractivity contribution is 5.73. The van der Waals surface area contributed by atoms with Crippen LogP contribution in [0.1, 0.15) is 11.1 Å². The number of rotatable bonds is 5. The molecule has 0 fully saturated rings. The zero-order chi connectivity index (χ0) is 14.4. The Morgan fingerprint density at radius 2 is 1.89 bits per heavy atom. The molecule has 0 saturated heterocycles. The smallest absolute Gasteiger partial charge is 0.316 e. The number of carbonyl (C=O) groups is 1. The molecule has 1 N–H and O–H groups in total. The van der Waals surface area contributed by atoms with Crippen molar-refractivity contribution in [3.8, 4) is 11.5 Å². The Morgan fingerprint density at radius 3 is 2.42 bits per heavy atom. The summed E-state index contributed by atoms with van der Waals surface area (Å²) in [7, 11) is 6.67. The molecule has 0 aliphatic rings. The lowest BCUT2D eigenvalue weighted by Gasteiger charge is -2.18. The van der Waals surface area contributed by atoms with Gasteiger partial charge >= 0.3 is 6.03 Å². The van der Waals surface area contributed by atoms with Gasteiger partial charge in [0.15, 0.2) is 0 Å². The van der Waals surface area contributed by atoms with Gasteiger partial charge in [-0.25, -0.2) is 4.79 Å². The largest absolute Gasteiger partial charge is 0.496 e. The Hall–Kier alpha value is -1.91. The minimum Gasteiger partial charge on any atom is -0.496 e. The molecule has 106 valence electrons. The van der Waals surface area contributed by atoms with Crippen LogP contribution in [0.4, 0.5) is 4.79 Å². The summed E-state index contributed by atoms with van der Waals surface area (Å²) >= 11 is 0. The van der Waals surface area contributed by atoms with Crippen LogP contribution in [0, 0.1) is 6.92 Å². The van der Waals surface area contributed by atoms with Crippen molar-refractivity contribution in [2.24, 2.45) is 0 Å². The third kappa shape index (κ3) is 3.77. The summed E-state index contributed by atoms with van der Waals surface area (Å²) in [5, 5.41) is 2.59. The Bertz CT molecular complexity index is 447. The van der Waals surface area contributed by atoms with E-state index in [9.17, 15) is 4.79 Å². The molecule has 0 unspecified atom stereocenters. The average molecular weight is 266 g/mol. The zero-order valence-electron chi connectivity index (χ0n) is 12.2. The predicted molar refractivity (Wildman–Crippen MR) is 75.1 cm³/mol. The second kappa shape index (κ2) is 6.87. The van der Waals surface area contributed by atoms with Crippen molar-refractivity contribution in [1.29, 1.82) is 0 Å². The molecule has 5 heteroatoms. The van der Waals surface area contributed by atoms with E-state index in [0.29, 0.717) is 13.0 Å². The summed E-state index contributed by atoms with van der Waals surface area (Å²) in [6, 6.07) is 3.82. The molecule has 0 aliphatic carbocycles. The number of hydrogen-bond acceptors (Lipinski definition) is 3. The van der Waals surface area contributed by atoms with Gasteiger partial charge in [0.2, 0.25) is 0 Å². The molecule has 0 heterocycles. The van der Waals surface area contributed by atoms with Crippen LogP contribution >= 0.6 is 0 Å². The highest BCUT2D eigenvalue weighted by Gasteiger charge is 2.11. The van der Waals surface area contributed by atoms with E-state index < -0.39 is 0 Å². The molecular weight excluding hydrogens is 244 g/mol. The molecule has 0 radical (unpaired) electrons. The normalized spacial score (nSPS) is 9.95. The fourth-order valence-corrected chi connectivity index (χ4v) is 1.89. The number of likely N-dealkylation sites (N-methyl/N-ethyl adjacent to an activating group) is 1. The summed E-state index contributed by atoms with van der Waals surface area (Å²) < 4.78 is 10.7. The number of hydrogen-bond donors (Lipinski definition) is 1. The Kier molecular flexibility index (Phi) is 5.48. The maximum absolute atomic E-state index is 11.4. The van der Waals surface area contributed by atoms with Crippen molar-refractivity contribution >= 4 is 6.03 Å². The standard InChI is InChI=1S/C14H22N2O3/c1-10-8-13(19-5)11(9-12(10)18-4)6-7-16(3)14(17)15-2/h8-9H,6-7H2,1-5H3,(H,15,17). The van der Waals surface area contributed by atoms with Crippen molar-refractivity contribution in [2.75, 3.05) is 34.9 Å². The second-order valence-corrected chi connectivity index (χ2v) is 4.36. The minimum absolute atomic E-state index is 0.0990. The van der Waals surface area contributed by atoms with Gasteiger partial charge in [-0.1, -0.05) is 0 Å². The third-order valence-corrected chi connectivity index (χ3v) is 3.08. The third-order valence-electron chi connectivity index (χ3n) is 3.08. The Balaban J connectivity index is 2.84. The minimum atomic E-state index is -0.0990. The predicted octanol–water partition coefficient (Wildman–Crippen LogP) is 1.83. The van der Waals surface area contributed by atoms with Crippen LogP contribution in [-0.2, 0) is 6.42 Å². The van der Waals surface area contributed by atoms with Crippen molar-refractivity contribution in [3.05, 3.63) is 23.3 Å². The van der Waals surface area contributed by atoms with E-state index in [4.69, 9.17) is 9.47 Å². The molecular formula is C14H22N2O3. The van der Waals surface area contributed by atoms with Gasteiger partial charge in [0.25, 0.3) is 0 Å². The van der Waals surface area contributed by atoms with E-state index in [1.165, 1.54) is 0 Å². The number of nitrogens with one attached hydrogen (secondary N) is 1. The molecule has 0 bridgehead atoms. The first-order valence-electron chi connectivity index (χ1n) is 6.17. The number of methoxy groups -OCH3 is 2. The number of aryl methyl sites for hydroxylation is 1. The summed E-state index contributed by atoms with van der Waals surface area (Å²) in [5.74, 6) is 1.65. The van der Waals surface area contributed by atoms with Crippen molar-refractivity contribution in [2.45, 2.75) is 13.3 Å². The van der Waals surface area contributed by atoms with Crippen LogP contribution in [-0.4, -0.2) is 45.8 Å². The van der Waals surface area contributed by atoms with Gasteiger partial charge in [-0.15, -0.1) is 0 Å². The van der Waals surface area contributed by atoms with Gasteiger partial charge in [-0.3, -0.25) is 0 Å². The average Bonchev–Trinajstić information content (AvgIpc) is 2.44. The van der Waals surface area contributed by atoms with Crippen LogP contribution in [0.5, 0.6) is 11.5 Å². The highest BCUT2D eigenvalue weighted by atomic mass is 16.5. The van der Waals surface area contributed by atoms with Crippen LogP contribution in [0.15, 0.2) is 12.1 Å². The second-order valence-electron chi connectivity index (χ2n) is 4.36. The molecule has 19 heavy (non-hydrogen) atoms. The molecule has 2 amide bonds. The molecule has 0 saturated carbocycles. The van der Waals surface area contributed by atoms with Gasteiger partial charge < -0.3 is 19.7 Å². The van der Waals surface area contributed by atoms with Gasteiger partial charge in [0, 0.05) is 20.6 Å². The first-order valence-corrected chi connectivity index (χ1v) is 6.17. The van der Waals surface area contributed by atoms with E-state index in [-0.39, 0.29) is 6.03 Å². The number of urea groups is 1. The number of ether oxygens (including phenoxy) is 2. The SMILES string of the molecule is CNC(=O)N(C)CCc1cc(OC)c(C)cc1OC. The fourth-order valence-electron chi connectivity index (χ4n) is 1.89. The van der Waals surface area contributed by atoms with Crippen molar-refractivity contribution < 1.29 is 14.3 Å². The summed E-state index contributed by atoms with van der Waals surface area (Å²) in [4.78, 5) is 13.1. The van der Waals surface area contributed by atoms with Gasteiger partial charge in [0.1, 0.15) is 11.5 Å². The molecule has 5 nitrogen and oxygen atoms in total. The van der Waals surface area contributed by atoms with E-state index in [2.05, 4.69) is 5.32 Å². The summed E-state index contributed by atoms with van der Waals surface area (Å²) in [5.41, 5.74) is 2.06. The lowest BCUT2D eigenvalue weighted by Crippen LogP contribution is -2.36. The molecule has 0 atom stereocenters. The molecule has 0 spiro atoms. The maximum Gasteiger partial charge on any atom is 0.316 e. The number of benzene rings is 1. The topological polar surface area (TPSA) is 50.8 Å². The monoisotopic (exact) mass is 266 g/mol.